The molecule has 0 atom stereocenters. The van der Waals surface area contributed by atoms with Gasteiger partial charge in [-0.1, -0.05) is 31.5 Å². The van der Waals surface area contributed by atoms with Gasteiger partial charge in [0.15, 0.2) is 0 Å². The van der Waals surface area contributed by atoms with Crippen LogP contribution in [0.1, 0.15) is 24.6 Å². The minimum Gasteiger partial charge on any atom is -0.472 e. The molecular weight excluding hydrogens is 324 g/mol. The standard InChI is InChI=1S/C18H22N2O3S/c1-3-5-15-8-10-17(11-9-15)24(21,22)20-12-16(13-20)23-18-7-4-6-14(2)19-18/h4,6-11,16H,3,5,12-13H2,1-2H3. The van der Waals surface area contributed by atoms with Gasteiger partial charge in [0, 0.05) is 11.8 Å². The highest BCUT2D eigenvalue weighted by atomic mass is 32.2. The Morgan fingerprint density at radius 3 is 2.50 bits per heavy atom. The molecule has 1 aliphatic heterocycles. The maximum Gasteiger partial charge on any atom is 0.243 e. The summed E-state index contributed by atoms with van der Waals surface area (Å²) in [6, 6.07) is 12.7. The number of rotatable bonds is 6. The summed E-state index contributed by atoms with van der Waals surface area (Å²) < 4.78 is 32.4. The molecular formula is C18H22N2O3S. The zero-order chi connectivity index (χ0) is 17.2. The molecule has 1 aromatic heterocycles. The zero-order valence-corrected chi connectivity index (χ0v) is 14.8. The Kier molecular flexibility index (Phi) is 4.87. The van der Waals surface area contributed by atoms with Gasteiger partial charge in [-0.25, -0.2) is 13.4 Å². The minimum atomic E-state index is -3.43. The third-order valence-corrected chi connectivity index (χ3v) is 5.91. The molecule has 0 amide bonds. The highest BCUT2D eigenvalue weighted by Gasteiger charge is 2.38. The lowest BCUT2D eigenvalue weighted by atomic mass is 10.1. The van der Waals surface area contributed by atoms with Crippen LogP contribution in [0.2, 0.25) is 0 Å². The molecule has 128 valence electrons. The third kappa shape index (κ3) is 3.60. The van der Waals surface area contributed by atoms with E-state index in [1.54, 1.807) is 18.2 Å². The molecule has 1 fully saturated rings. The Labute approximate surface area is 143 Å². The van der Waals surface area contributed by atoms with Crippen molar-refractivity contribution in [3.05, 3.63) is 53.7 Å². The maximum atomic E-state index is 12.6. The van der Waals surface area contributed by atoms with Crippen molar-refractivity contribution < 1.29 is 13.2 Å². The van der Waals surface area contributed by atoms with Gasteiger partial charge in [0.2, 0.25) is 15.9 Å². The molecule has 6 heteroatoms. The third-order valence-electron chi connectivity index (χ3n) is 4.06. The molecule has 1 aromatic carbocycles. The van der Waals surface area contributed by atoms with Crippen LogP contribution in [-0.2, 0) is 16.4 Å². The molecule has 1 saturated heterocycles. The SMILES string of the molecule is CCCc1ccc(S(=O)(=O)N2CC(Oc3cccc(C)n3)C2)cc1. The van der Waals surface area contributed by atoms with Crippen LogP contribution in [-0.4, -0.2) is 36.9 Å². The van der Waals surface area contributed by atoms with E-state index in [0.29, 0.717) is 23.9 Å². The summed E-state index contributed by atoms with van der Waals surface area (Å²) >= 11 is 0. The maximum absolute atomic E-state index is 12.6. The van der Waals surface area contributed by atoms with E-state index in [0.717, 1.165) is 24.1 Å². The van der Waals surface area contributed by atoms with Gasteiger partial charge >= 0.3 is 0 Å². The van der Waals surface area contributed by atoms with Crippen LogP contribution in [0, 0.1) is 6.92 Å². The van der Waals surface area contributed by atoms with E-state index < -0.39 is 10.0 Å². The second kappa shape index (κ2) is 6.91. The lowest BCUT2D eigenvalue weighted by Crippen LogP contribution is -2.56. The Morgan fingerprint density at radius 1 is 1.17 bits per heavy atom. The van der Waals surface area contributed by atoms with Crippen LogP contribution < -0.4 is 4.74 Å². The number of sulfonamides is 1. The van der Waals surface area contributed by atoms with E-state index in [1.165, 1.54) is 4.31 Å². The van der Waals surface area contributed by atoms with E-state index in [9.17, 15) is 8.42 Å². The number of nitrogens with zero attached hydrogens (tertiary/aromatic N) is 2. The average molecular weight is 346 g/mol. The first-order chi connectivity index (χ1) is 11.5. The smallest absolute Gasteiger partial charge is 0.243 e. The molecule has 24 heavy (non-hydrogen) atoms. The van der Waals surface area contributed by atoms with Crippen LogP contribution in [0.5, 0.6) is 5.88 Å². The summed E-state index contributed by atoms with van der Waals surface area (Å²) in [5, 5.41) is 0. The molecule has 2 aromatic rings. The van der Waals surface area contributed by atoms with Crippen molar-refractivity contribution in [1.29, 1.82) is 0 Å². The van der Waals surface area contributed by atoms with Crippen LogP contribution in [0.4, 0.5) is 0 Å². The van der Waals surface area contributed by atoms with E-state index in [4.69, 9.17) is 4.74 Å². The second-order valence-electron chi connectivity index (χ2n) is 6.07. The molecule has 2 heterocycles. The lowest BCUT2D eigenvalue weighted by molar-refractivity contribution is 0.0719. The van der Waals surface area contributed by atoms with E-state index in [1.807, 2.05) is 31.2 Å². The first kappa shape index (κ1) is 16.9. The van der Waals surface area contributed by atoms with Crippen molar-refractivity contribution in [3.63, 3.8) is 0 Å². The number of hydrogen-bond donors (Lipinski definition) is 0. The zero-order valence-electron chi connectivity index (χ0n) is 14.0. The fraction of sp³-hybridized carbons (Fsp3) is 0.389. The molecule has 0 N–H and O–H groups in total. The van der Waals surface area contributed by atoms with Gasteiger partial charge in [0.1, 0.15) is 6.10 Å². The van der Waals surface area contributed by atoms with Gasteiger partial charge in [0.05, 0.1) is 18.0 Å². The molecule has 3 rings (SSSR count). The van der Waals surface area contributed by atoms with Gasteiger partial charge in [-0.05, 0) is 37.1 Å². The number of hydrogen-bond acceptors (Lipinski definition) is 4. The Bertz CT molecular complexity index is 797. The molecule has 5 nitrogen and oxygen atoms in total. The van der Waals surface area contributed by atoms with Crippen LogP contribution in [0.25, 0.3) is 0 Å². The van der Waals surface area contributed by atoms with Crippen LogP contribution >= 0.6 is 0 Å². The Balaban J connectivity index is 1.61. The summed E-state index contributed by atoms with van der Waals surface area (Å²) in [6.07, 6.45) is 1.86. The predicted molar refractivity (Wildman–Crippen MR) is 92.6 cm³/mol. The Morgan fingerprint density at radius 2 is 1.88 bits per heavy atom. The number of aryl methyl sites for hydroxylation is 2. The van der Waals surface area contributed by atoms with Crippen molar-refractivity contribution in [2.24, 2.45) is 0 Å². The van der Waals surface area contributed by atoms with Gasteiger partial charge in [-0.15, -0.1) is 0 Å². The molecule has 0 unspecified atom stereocenters. The second-order valence-corrected chi connectivity index (χ2v) is 8.01. The number of benzene rings is 1. The van der Waals surface area contributed by atoms with E-state index in [-0.39, 0.29) is 6.10 Å². The van der Waals surface area contributed by atoms with Gasteiger partial charge < -0.3 is 4.74 Å². The van der Waals surface area contributed by atoms with Crippen molar-refractivity contribution in [1.82, 2.24) is 9.29 Å². The first-order valence-corrected chi connectivity index (χ1v) is 9.62. The highest BCUT2D eigenvalue weighted by molar-refractivity contribution is 7.89. The minimum absolute atomic E-state index is 0.145. The number of pyridine rings is 1. The molecule has 0 radical (unpaired) electrons. The van der Waals surface area contributed by atoms with Gasteiger partial charge in [0.25, 0.3) is 0 Å². The van der Waals surface area contributed by atoms with Crippen molar-refractivity contribution in [2.75, 3.05) is 13.1 Å². The first-order valence-electron chi connectivity index (χ1n) is 8.18. The average Bonchev–Trinajstić information content (AvgIpc) is 2.51. The van der Waals surface area contributed by atoms with Crippen molar-refractivity contribution >= 4 is 10.0 Å². The van der Waals surface area contributed by atoms with Gasteiger partial charge in [-0.3, -0.25) is 0 Å². The summed E-state index contributed by atoms with van der Waals surface area (Å²) in [5.41, 5.74) is 2.04. The fourth-order valence-electron chi connectivity index (χ4n) is 2.69. The monoisotopic (exact) mass is 346 g/mol. The largest absolute Gasteiger partial charge is 0.472 e. The lowest BCUT2D eigenvalue weighted by Gasteiger charge is -2.37. The molecule has 0 bridgehead atoms. The molecule has 0 saturated carbocycles. The number of aromatic nitrogens is 1. The number of ether oxygens (including phenoxy) is 1. The van der Waals surface area contributed by atoms with Crippen molar-refractivity contribution in [3.8, 4) is 5.88 Å². The topological polar surface area (TPSA) is 59.5 Å². The van der Waals surface area contributed by atoms with Gasteiger partial charge in [-0.2, -0.15) is 4.31 Å². The summed E-state index contributed by atoms with van der Waals surface area (Å²) in [7, 11) is -3.43. The Hall–Kier alpha value is -1.92. The summed E-state index contributed by atoms with van der Waals surface area (Å²) in [5.74, 6) is 0.543. The normalized spacial score (nSPS) is 15.9. The predicted octanol–water partition coefficient (Wildman–Crippen LogP) is 2.79. The molecule has 1 aliphatic rings. The fourth-order valence-corrected chi connectivity index (χ4v) is 4.20. The quantitative estimate of drug-likeness (QED) is 0.807. The molecule has 0 spiro atoms. The van der Waals surface area contributed by atoms with E-state index >= 15 is 0 Å². The summed E-state index contributed by atoms with van der Waals surface area (Å²) in [6.45, 7) is 4.71. The summed E-state index contributed by atoms with van der Waals surface area (Å²) in [4.78, 5) is 4.62. The van der Waals surface area contributed by atoms with Crippen molar-refractivity contribution in [2.45, 2.75) is 37.7 Å². The van der Waals surface area contributed by atoms with E-state index in [2.05, 4.69) is 11.9 Å². The van der Waals surface area contributed by atoms with Crippen LogP contribution in [0.15, 0.2) is 47.4 Å². The highest BCUT2D eigenvalue weighted by Crippen LogP contribution is 2.24. The molecule has 0 aliphatic carbocycles. The van der Waals surface area contributed by atoms with Crippen LogP contribution in [0.3, 0.4) is 0 Å².